The summed E-state index contributed by atoms with van der Waals surface area (Å²) in [5.74, 6) is 0. The Kier molecular flexibility index (Phi) is 5.46. The number of alkyl halides is 3. The first-order valence-corrected chi connectivity index (χ1v) is 12.8. The molecule has 5 heteroatoms. The van der Waals surface area contributed by atoms with Crippen LogP contribution in [0.4, 0.5) is 13.2 Å². The maximum absolute atomic E-state index is 14.3. The molecular formula is C29H24F3NSe. The molecule has 2 aromatic heterocycles. The van der Waals surface area contributed by atoms with E-state index in [2.05, 4.69) is 23.2 Å². The van der Waals surface area contributed by atoms with Crippen molar-refractivity contribution < 1.29 is 13.2 Å². The Hall–Kier alpha value is -2.88. The van der Waals surface area contributed by atoms with Crippen molar-refractivity contribution in [3.8, 4) is 22.4 Å². The Morgan fingerprint density at radius 3 is 1.97 bits per heavy atom. The van der Waals surface area contributed by atoms with Crippen LogP contribution in [0.2, 0.25) is 0 Å². The van der Waals surface area contributed by atoms with E-state index in [0.29, 0.717) is 10.9 Å². The van der Waals surface area contributed by atoms with E-state index in [0.717, 1.165) is 53.0 Å². The second kappa shape index (κ2) is 8.11. The number of hydrogen-bond donors (Lipinski definition) is 0. The van der Waals surface area contributed by atoms with Crippen molar-refractivity contribution in [2.24, 2.45) is 0 Å². The van der Waals surface area contributed by atoms with Crippen molar-refractivity contribution in [3.05, 3.63) is 88.1 Å². The van der Waals surface area contributed by atoms with Gasteiger partial charge in [-0.1, -0.05) is 0 Å². The van der Waals surface area contributed by atoms with Gasteiger partial charge in [0.2, 0.25) is 0 Å². The molecule has 0 unspecified atom stereocenters. The summed E-state index contributed by atoms with van der Waals surface area (Å²) in [5.41, 5.74) is 7.34. The molecule has 0 bridgehead atoms. The first-order valence-electron chi connectivity index (χ1n) is 11.1. The van der Waals surface area contributed by atoms with Gasteiger partial charge in [-0.2, -0.15) is 0 Å². The third-order valence-electron chi connectivity index (χ3n) is 6.27. The Labute approximate surface area is 203 Å². The molecular weight excluding hydrogens is 498 g/mol. The summed E-state index contributed by atoms with van der Waals surface area (Å²) in [6.07, 6.45) is -2.74. The van der Waals surface area contributed by atoms with E-state index in [9.17, 15) is 13.2 Å². The van der Waals surface area contributed by atoms with Crippen LogP contribution in [0, 0.1) is 34.6 Å². The summed E-state index contributed by atoms with van der Waals surface area (Å²) in [4.78, 5) is 4.67. The standard InChI is InChI=1S/C29H24F3NSe/c1-15-8-16(2)12-20(11-15)27-28-21(6-7-33-27)22-13-24(29(30,31)32)23(14-25(22)34-28)26-18(4)9-17(3)10-19(26)5/h6-14H,1-5H3. The maximum atomic E-state index is 14.3. The molecule has 0 aliphatic heterocycles. The molecule has 0 atom stereocenters. The second-order valence-electron chi connectivity index (χ2n) is 9.18. The van der Waals surface area contributed by atoms with Crippen LogP contribution >= 0.6 is 0 Å². The summed E-state index contributed by atoms with van der Waals surface area (Å²) in [5, 5.41) is 1.55. The number of nitrogens with zero attached hydrogens (tertiary/aromatic N) is 1. The topological polar surface area (TPSA) is 12.9 Å². The van der Waals surface area contributed by atoms with Crippen LogP contribution in [0.3, 0.4) is 0 Å². The fraction of sp³-hybridized carbons (Fsp3) is 0.207. The van der Waals surface area contributed by atoms with E-state index in [1.54, 1.807) is 12.3 Å². The molecule has 0 fully saturated rings. The van der Waals surface area contributed by atoms with E-state index in [1.807, 2.05) is 52.8 Å². The van der Waals surface area contributed by atoms with E-state index >= 15 is 0 Å². The van der Waals surface area contributed by atoms with E-state index < -0.39 is 11.7 Å². The summed E-state index contributed by atoms with van der Waals surface area (Å²) >= 11 is -0.142. The van der Waals surface area contributed by atoms with Gasteiger partial charge in [0.05, 0.1) is 0 Å². The van der Waals surface area contributed by atoms with Crippen molar-refractivity contribution >= 4 is 33.8 Å². The molecule has 0 aliphatic rings. The van der Waals surface area contributed by atoms with Crippen LogP contribution in [0.1, 0.15) is 33.4 Å². The Balaban J connectivity index is 1.85. The predicted octanol–water partition coefficient (Wildman–Crippen LogP) is 8.34. The van der Waals surface area contributed by atoms with Gasteiger partial charge in [-0.15, -0.1) is 0 Å². The van der Waals surface area contributed by atoms with Crippen molar-refractivity contribution in [2.75, 3.05) is 0 Å². The SMILES string of the molecule is Cc1cc(C)cc(-c2nccc3c2[se]c2cc(-c4c(C)cc(C)cc4C)c(C(F)(F)F)cc23)c1. The van der Waals surface area contributed by atoms with Gasteiger partial charge in [-0.3, -0.25) is 0 Å². The second-order valence-corrected chi connectivity index (χ2v) is 11.4. The molecule has 2 heterocycles. The summed E-state index contributed by atoms with van der Waals surface area (Å²) in [6.45, 7) is 9.86. The van der Waals surface area contributed by atoms with E-state index in [-0.39, 0.29) is 20.1 Å². The van der Waals surface area contributed by atoms with Crippen molar-refractivity contribution in [3.63, 3.8) is 0 Å². The number of fused-ring (bicyclic) bond motifs is 3. The molecule has 3 aromatic carbocycles. The molecule has 1 nitrogen and oxygen atoms in total. The van der Waals surface area contributed by atoms with Gasteiger partial charge in [0.1, 0.15) is 0 Å². The number of hydrogen-bond acceptors (Lipinski definition) is 1. The summed E-state index contributed by atoms with van der Waals surface area (Å²) in [7, 11) is 0. The van der Waals surface area contributed by atoms with Crippen LogP contribution in [0.5, 0.6) is 0 Å². The van der Waals surface area contributed by atoms with E-state index in [1.165, 1.54) is 6.07 Å². The number of pyridine rings is 1. The minimum absolute atomic E-state index is 0.142. The number of aromatic nitrogens is 1. The predicted molar refractivity (Wildman–Crippen MR) is 136 cm³/mol. The number of aryl methyl sites for hydroxylation is 5. The minimum atomic E-state index is -4.45. The molecule has 0 N–H and O–H groups in total. The van der Waals surface area contributed by atoms with Gasteiger partial charge < -0.3 is 0 Å². The average Bonchev–Trinajstić information content (AvgIpc) is 3.08. The first-order chi connectivity index (χ1) is 16.0. The molecule has 34 heavy (non-hydrogen) atoms. The van der Waals surface area contributed by atoms with Crippen LogP contribution in [-0.4, -0.2) is 19.5 Å². The molecule has 0 saturated heterocycles. The van der Waals surface area contributed by atoms with Crippen LogP contribution < -0.4 is 0 Å². The van der Waals surface area contributed by atoms with Crippen molar-refractivity contribution in [2.45, 2.75) is 40.8 Å². The zero-order chi connectivity index (χ0) is 24.4. The van der Waals surface area contributed by atoms with Gasteiger partial charge in [0.15, 0.2) is 0 Å². The average molecular weight is 522 g/mol. The van der Waals surface area contributed by atoms with E-state index in [4.69, 9.17) is 0 Å². The van der Waals surface area contributed by atoms with Gasteiger partial charge in [-0.05, 0) is 0 Å². The normalized spacial score (nSPS) is 12.1. The Morgan fingerprint density at radius 1 is 0.735 bits per heavy atom. The van der Waals surface area contributed by atoms with Crippen LogP contribution in [0.15, 0.2) is 54.7 Å². The number of rotatable bonds is 2. The third-order valence-corrected chi connectivity index (χ3v) is 8.74. The molecule has 5 aromatic rings. The van der Waals surface area contributed by atoms with Gasteiger partial charge in [0.25, 0.3) is 0 Å². The van der Waals surface area contributed by atoms with Crippen LogP contribution in [0.25, 0.3) is 41.7 Å². The fourth-order valence-corrected chi connectivity index (χ4v) is 7.69. The van der Waals surface area contributed by atoms with Crippen molar-refractivity contribution in [1.29, 1.82) is 0 Å². The Morgan fingerprint density at radius 2 is 1.35 bits per heavy atom. The Bertz CT molecular complexity index is 1550. The quantitative estimate of drug-likeness (QED) is 0.212. The number of benzene rings is 3. The van der Waals surface area contributed by atoms with Crippen molar-refractivity contribution in [1.82, 2.24) is 4.98 Å². The van der Waals surface area contributed by atoms with Gasteiger partial charge >= 0.3 is 203 Å². The molecule has 0 spiro atoms. The molecule has 0 saturated carbocycles. The summed E-state index contributed by atoms with van der Waals surface area (Å²) < 4.78 is 45.1. The van der Waals surface area contributed by atoms with Crippen LogP contribution in [-0.2, 0) is 6.18 Å². The molecule has 0 aliphatic carbocycles. The van der Waals surface area contributed by atoms with Gasteiger partial charge in [0, 0.05) is 0 Å². The molecule has 0 amide bonds. The summed E-state index contributed by atoms with van der Waals surface area (Å²) in [6, 6.07) is 15.2. The number of halogens is 3. The zero-order valence-corrected chi connectivity index (χ0v) is 21.4. The fourth-order valence-electron chi connectivity index (χ4n) is 5.11. The molecule has 0 radical (unpaired) electrons. The van der Waals surface area contributed by atoms with Gasteiger partial charge in [-0.25, -0.2) is 0 Å². The monoisotopic (exact) mass is 523 g/mol. The first kappa shape index (κ1) is 22.9. The molecule has 172 valence electrons. The third kappa shape index (κ3) is 3.87. The zero-order valence-electron chi connectivity index (χ0n) is 19.7. The molecule has 5 rings (SSSR count).